The lowest BCUT2D eigenvalue weighted by molar-refractivity contribution is -0.133. The molecule has 0 saturated heterocycles. The van der Waals surface area contributed by atoms with Crippen molar-refractivity contribution in [3.05, 3.63) is 0 Å². The average Bonchev–Trinajstić information content (AvgIpc) is 2.01. The molecule has 0 heterocycles. The highest BCUT2D eigenvalue weighted by molar-refractivity contribution is 5.74. The van der Waals surface area contributed by atoms with Crippen LogP contribution in [-0.4, -0.2) is 36.0 Å². The predicted octanol–water partition coefficient (Wildman–Crippen LogP) is 1.63. The van der Waals surface area contributed by atoms with E-state index in [0.29, 0.717) is 0 Å². The molecule has 0 aliphatic carbocycles. The van der Waals surface area contributed by atoms with E-state index in [-0.39, 0.29) is 11.4 Å². The van der Waals surface area contributed by atoms with Gasteiger partial charge >= 0.3 is 0 Å². The second-order valence-electron chi connectivity index (χ2n) is 4.59. The van der Waals surface area contributed by atoms with Gasteiger partial charge in [-0.2, -0.15) is 0 Å². The quantitative estimate of drug-likeness (QED) is 0.684. The van der Waals surface area contributed by atoms with Crippen molar-refractivity contribution in [1.29, 1.82) is 0 Å². The van der Waals surface area contributed by atoms with E-state index in [0.717, 1.165) is 26.1 Å². The third-order valence-corrected chi connectivity index (χ3v) is 2.13. The Morgan fingerprint density at radius 3 is 2.21 bits per heavy atom. The molecule has 0 bridgehead atoms. The summed E-state index contributed by atoms with van der Waals surface area (Å²) < 4.78 is 0. The predicted molar refractivity (Wildman–Crippen MR) is 60.3 cm³/mol. The van der Waals surface area contributed by atoms with E-state index in [1.54, 1.807) is 6.92 Å². The standard InChI is InChI=1S/C11H24N2O/c1-6-7-12-8-9-13(10(2)14)11(3,4)5/h12H,6-9H2,1-5H3. The third-order valence-electron chi connectivity index (χ3n) is 2.13. The number of nitrogens with one attached hydrogen (secondary N) is 1. The van der Waals surface area contributed by atoms with Crippen LogP contribution in [0.1, 0.15) is 41.0 Å². The minimum atomic E-state index is -0.0697. The lowest BCUT2D eigenvalue weighted by atomic mass is 10.1. The molecular formula is C11H24N2O. The van der Waals surface area contributed by atoms with Gasteiger partial charge in [0, 0.05) is 25.6 Å². The van der Waals surface area contributed by atoms with E-state index in [1.165, 1.54) is 0 Å². The smallest absolute Gasteiger partial charge is 0.219 e. The van der Waals surface area contributed by atoms with Crippen molar-refractivity contribution >= 4 is 5.91 Å². The molecule has 0 spiro atoms. The second-order valence-corrected chi connectivity index (χ2v) is 4.59. The first-order valence-electron chi connectivity index (χ1n) is 5.38. The maximum Gasteiger partial charge on any atom is 0.219 e. The van der Waals surface area contributed by atoms with Gasteiger partial charge in [-0.1, -0.05) is 6.92 Å². The molecule has 0 aromatic carbocycles. The van der Waals surface area contributed by atoms with E-state index >= 15 is 0 Å². The number of amides is 1. The van der Waals surface area contributed by atoms with E-state index in [1.807, 2.05) is 4.90 Å². The molecular weight excluding hydrogens is 176 g/mol. The van der Waals surface area contributed by atoms with Crippen molar-refractivity contribution in [3.8, 4) is 0 Å². The van der Waals surface area contributed by atoms with Crippen LogP contribution in [0.25, 0.3) is 0 Å². The van der Waals surface area contributed by atoms with Gasteiger partial charge < -0.3 is 10.2 Å². The Balaban J connectivity index is 3.94. The van der Waals surface area contributed by atoms with E-state index in [4.69, 9.17) is 0 Å². The Morgan fingerprint density at radius 1 is 1.29 bits per heavy atom. The Bertz CT molecular complexity index is 173. The van der Waals surface area contributed by atoms with E-state index < -0.39 is 0 Å². The van der Waals surface area contributed by atoms with Gasteiger partial charge in [-0.3, -0.25) is 4.79 Å². The fraction of sp³-hybridized carbons (Fsp3) is 0.909. The largest absolute Gasteiger partial charge is 0.337 e. The molecule has 3 heteroatoms. The third kappa shape index (κ3) is 5.22. The molecule has 84 valence electrons. The lowest BCUT2D eigenvalue weighted by Crippen LogP contribution is -2.47. The zero-order valence-electron chi connectivity index (χ0n) is 10.2. The first-order valence-corrected chi connectivity index (χ1v) is 5.38. The summed E-state index contributed by atoms with van der Waals surface area (Å²) in [5, 5.41) is 3.30. The van der Waals surface area contributed by atoms with Crippen molar-refractivity contribution in [2.45, 2.75) is 46.6 Å². The molecule has 0 aromatic rings. The molecule has 0 unspecified atom stereocenters. The summed E-state index contributed by atoms with van der Waals surface area (Å²) in [7, 11) is 0. The molecule has 14 heavy (non-hydrogen) atoms. The van der Waals surface area contributed by atoms with Gasteiger partial charge in [0.2, 0.25) is 5.91 Å². The zero-order chi connectivity index (χ0) is 11.2. The number of rotatable bonds is 5. The summed E-state index contributed by atoms with van der Waals surface area (Å²) in [6.07, 6.45) is 1.13. The fourth-order valence-corrected chi connectivity index (χ4v) is 1.46. The second kappa shape index (κ2) is 6.02. The van der Waals surface area contributed by atoms with E-state index in [2.05, 4.69) is 33.0 Å². The highest BCUT2D eigenvalue weighted by Gasteiger charge is 2.22. The molecule has 0 aromatic heterocycles. The van der Waals surface area contributed by atoms with Gasteiger partial charge in [-0.05, 0) is 33.7 Å². The van der Waals surface area contributed by atoms with Gasteiger partial charge in [0.15, 0.2) is 0 Å². The van der Waals surface area contributed by atoms with Gasteiger partial charge in [-0.15, -0.1) is 0 Å². The first-order chi connectivity index (χ1) is 6.39. The Hall–Kier alpha value is -0.570. The van der Waals surface area contributed by atoms with Crippen molar-refractivity contribution in [2.24, 2.45) is 0 Å². The fourth-order valence-electron chi connectivity index (χ4n) is 1.46. The maximum atomic E-state index is 11.4. The summed E-state index contributed by atoms with van der Waals surface area (Å²) in [5.74, 6) is 0.149. The summed E-state index contributed by atoms with van der Waals surface area (Å²) in [4.78, 5) is 13.3. The molecule has 0 aliphatic rings. The Morgan fingerprint density at radius 2 is 1.86 bits per heavy atom. The van der Waals surface area contributed by atoms with Crippen LogP contribution in [0.2, 0.25) is 0 Å². The molecule has 0 saturated carbocycles. The summed E-state index contributed by atoms with van der Waals surface area (Å²) in [6, 6.07) is 0. The molecule has 1 amide bonds. The van der Waals surface area contributed by atoms with Gasteiger partial charge in [0.05, 0.1) is 0 Å². The van der Waals surface area contributed by atoms with Crippen LogP contribution in [-0.2, 0) is 4.79 Å². The molecule has 3 nitrogen and oxygen atoms in total. The van der Waals surface area contributed by atoms with Gasteiger partial charge in [-0.25, -0.2) is 0 Å². The molecule has 0 radical (unpaired) electrons. The highest BCUT2D eigenvalue weighted by atomic mass is 16.2. The van der Waals surface area contributed by atoms with Gasteiger partial charge in [0.1, 0.15) is 0 Å². The molecule has 0 atom stereocenters. The average molecular weight is 200 g/mol. The van der Waals surface area contributed by atoms with Crippen LogP contribution in [0, 0.1) is 0 Å². The van der Waals surface area contributed by atoms with E-state index in [9.17, 15) is 4.79 Å². The molecule has 0 fully saturated rings. The normalized spacial score (nSPS) is 11.5. The Kier molecular flexibility index (Phi) is 5.77. The maximum absolute atomic E-state index is 11.4. The first kappa shape index (κ1) is 13.4. The summed E-state index contributed by atoms with van der Waals surface area (Å²) >= 11 is 0. The van der Waals surface area contributed by atoms with Crippen molar-refractivity contribution in [3.63, 3.8) is 0 Å². The highest BCUT2D eigenvalue weighted by Crippen LogP contribution is 2.12. The zero-order valence-corrected chi connectivity index (χ0v) is 10.2. The number of hydrogen-bond donors (Lipinski definition) is 1. The van der Waals surface area contributed by atoms with Crippen molar-refractivity contribution < 1.29 is 4.79 Å². The molecule has 0 aliphatic heterocycles. The number of carbonyl (C=O) groups is 1. The molecule has 1 N–H and O–H groups in total. The van der Waals surface area contributed by atoms with Crippen LogP contribution in [0.4, 0.5) is 0 Å². The minimum absolute atomic E-state index is 0.0697. The number of hydrogen-bond acceptors (Lipinski definition) is 2. The summed E-state index contributed by atoms with van der Waals surface area (Å²) in [6.45, 7) is 12.7. The van der Waals surface area contributed by atoms with Crippen LogP contribution >= 0.6 is 0 Å². The number of nitrogens with zero attached hydrogens (tertiary/aromatic N) is 1. The van der Waals surface area contributed by atoms with Crippen LogP contribution in [0.3, 0.4) is 0 Å². The van der Waals surface area contributed by atoms with Gasteiger partial charge in [0.25, 0.3) is 0 Å². The van der Waals surface area contributed by atoms with Crippen LogP contribution in [0.15, 0.2) is 0 Å². The van der Waals surface area contributed by atoms with Crippen LogP contribution in [0.5, 0.6) is 0 Å². The monoisotopic (exact) mass is 200 g/mol. The molecule has 0 rings (SSSR count). The number of carbonyl (C=O) groups excluding carboxylic acids is 1. The topological polar surface area (TPSA) is 32.3 Å². The van der Waals surface area contributed by atoms with Crippen molar-refractivity contribution in [2.75, 3.05) is 19.6 Å². The Labute approximate surface area is 87.9 Å². The lowest BCUT2D eigenvalue weighted by Gasteiger charge is -2.35. The SMILES string of the molecule is CCCNCCN(C(C)=O)C(C)(C)C. The minimum Gasteiger partial charge on any atom is -0.337 e. The van der Waals surface area contributed by atoms with Crippen molar-refractivity contribution in [1.82, 2.24) is 10.2 Å². The summed E-state index contributed by atoms with van der Waals surface area (Å²) in [5.41, 5.74) is -0.0697. The van der Waals surface area contributed by atoms with Crippen LogP contribution < -0.4 is 5.32 Å².